The molecular weight excluding hydrogens is 438 g/mol. The number of sulfonamides is 1. The van der Waals surface area contributed by atoms with Crippen molar-refractivity contribution in [1.82, 2.24) is 15.5 Å². The maximum atomic E-state index is 12.6. The predicted octanol–water partition coefficient (Wildman–Crippen LogP) is 2.76. The number of nitrogens with zero attached hydrogens (tertiary/aromatic N) is 3. The van der Waals surface area contributed by atoms with Gasteiger partial charge in [0.1, 0.15) is 0 Å². The summed E-state index contributed by atoms with van der Waals surface area (Å²) in [6, 6.07) is 9.52. The van der Waals surface area contributed by atoms with Crippen LogP contribution < -0.4 is 10.0 Å². The van der Waals surface area contributed by atoms with E-state index in [2.05, 4.69) is 20.2 Å². The normalized spacial score (nSPS) is 11.2. The van der Waals surface area contributed by atoms with Crippen molar-refractivity contribution >= 4 is 27.3 Å². The van der Waals surface area contributed by atoms with Crippen LogP contribution in [0.4, 0.5) is 11.4 Å². The molecule has 0 radical (unpaired) electrons. The average Bonchev–Trinajstić information content (AvgIpc) is 3.16. The van der Waals surface area contributed by atoms with E-state index in [0.717, 1.165) is 6.07 Å². The maximum Gasteiger partial charge on any atom is 0.273 e. The Morgan fingerprint density at radius 1 is 1.16 bits per heavy atom. The van der Waals surface area contributed by atoms with Gasteiger partial charge < -0.3 is 9.84 Å². The van der Waals surface area contributed by atoms with E-state index in [0.29, 0.717) is 42.2 Å². The molecule has 12 heteroatoms. The van der Waals surface area contributed by atoms with Crippen molar-refractivity contribution in [1.29, 1.82) is 0 Å². The maximum absolute atomic E-state index is 12.6. The van der Waals surface area contributed by atoms with Gasteiger partial charge in [0.25, 0.3) is 21.6 Å². The van der Waals surface area contributed by atoms with Gasteiger partial charge in [-0.15, -0.1) is 0 Å². The Morgan fingerprint density at radius 2 is 1.88 bits per heavy atom. The lowest BCUT2D eigenvalue weighted by molar-refractivity contribution is -0.385. The van der Waals surface area contributed by atoms with Crippen molar-refractivity contribution in [2.75, 3.05) is 11.3 Å². The number of aryl methyl sites for hydroxylation is 3. The molecule has 0 saturated heterocycles. The number of anilines is 1. The van der Waals surface area contributed by atoms with E-state index in [1.807, 2.05) is 0 Å². The highest BCUT2D eigenvalue weighted by Gasteiger charge is 2.20. The zero-order chi connectivity index (χ0) is 23.3. The van der Waals surface area contributed by atoms with E-state index < -0.39 is 14.9 Å². The van der Waals surface area contributed by atoms with E-state index >= 15 is 0 Å². The van der Waals surface area contributed by atoms with E-state index in [1.54, 1.807) is 6.92 Å². The quantitative estimate of drug-likeness (QED) is 0.281. The molecule has 3 rings (SSSR count). The number of nitro groups is 1. The summed E-state index contributed by atoms with van der Waals surface area (Å²) in [6.45, 7) is 3.65. The van der Waals surface area contributed by atoms with Gasteiger partial charge >= 0.3 is 0 Å². The molecule has 0 aliphatic carbocycles. The highest BCUT2D eigenvalue weighted by Crippen LogP contribution is 2.24. The second-order valence-corrected chi connectivity index (χ2v) is 8.67. The monoisotopic (exact) mass is 459 g/mol. The number of aromatic nitrogens is 2. The number of hydrogen-bond acceptors (Lipinski definition) is 8. The predicted molar refractivity (Wildman–Crippen MR) is 115 cm³/mol. The van der Waals surface area contributed by atoms with Crippen molar-refractivity contribution in [3.63, 3.8) is 0 Å². The third-order valence-corrected chi connectivity index (χ3v) is 5.89. The number of benzene rings is 2. The Morgan fingerprint density at radius 3 is 2.50 bits per heavy atom. The summed E-state index contributed by atoms with van der Waals surface area (Å²) < 4.78 is 32.5. The van der Waals surface area contributed by atoms with Gasteiger partial charge in [-0.25, -0.2) is 8.42 Å². The number of nitro benzene ring substituents is 1. The molecule has 0 aliphatic rings. The fourth-order valence-corrected chi connectivity index (χ4v) is 3.92. The van der Waals surface area contributed by atoms with Crippen molar-refractivity contribution in [3.8, 4) is 0 Å². The minimum absolute atomic E-state index is 0.219. The van der Waals surface area contributed by atoms with Gasteiger partial charge in [0.05, 0.1) is 9.82 Å². The van der Waals surface area contributed by atoms with Crippen molar-refractivity contribution in [2.45, 2.75) is 31.6 Å². The molecule has 0 fully saturated rings. The van der Waals surface area contributed by atoms with Crippen LogP contribution in [0.15, 0.2) is 51.9 Å². The van der Waals surface area contributed by atoms with Gasteiger partial charge in [-0.2, -0.15) is 4.98 Å². The van der Waals surface area contributed by atoms with E-state index in [4.69, 9.17) is 4.52 Å². The van der Waals surface area contributed by atoms with Crippen LogP contribution in [0.3, 0.4) is 0 Å². The average molecular weight is 459 g/mol. The molecule has 1 aromatic heterocycles. The Hall–Kier alpha value is -3.80. The van der Waals surface area contributed by atoms with Crippen LogP contribution in [0.5, 0.6) is 0 Å². The van der Waals surface area contributed by atoms with Crippen LogP contribution >= 0.6 is 0 Å². The third-order valence-electron chi connectivity index (χ3n) is 4.51. The second-order valence-electron chi connectivity index (χ2n) is 6.98. The number of nitrogens with one attached hydrogen (secondary N) is 2. The number of carbonyl (C=O) groups is 1. The highest BCUT2D eigenvalue weighted by atomic mass is 32.2. The van der Waals surface area contributed by atoms with E-state index in [9.17, 15) is 23.3 Å². The molecule has 0 saturated carbocycles. The first-order valence-electron chi connectivity index (χ1n) is 9.61. The van der Waals surface area contributed by atoms with Crippen LogP contribution in [0.2, 0.25) is 0 Å². The summed E-state index contributed by atoms with van der Waals surface area (Å²) >= 11 is 0. The lowest BCUT2D eigenvalue weighted by Gasteiger charge is -2.10. The van der Waals surface area contributed by atoms with Gasteiger partial charge in [-0.05, 0) is 50.6 Å². The number of hydrogen-bond donors (Lipinski definition) is 2. The van der Waals surface area contributed by atoms with Crippen LogP contribution in [-0.2, 0) is 16.4 Å². The molecule has 0 aliphatic heterocycles. The Kier molecular flexibility index (Phi) is 6.83. The number of carbonyl (C=O) groups excluding carboxylic acids is 1. The fourth-order valence-electron chi connectivity index (χ4n) is 2.84. The topological polar surface area (TPSA) is 157 Å². The van der Waals surface area contributed by atoms with Crippen LogP contribution in [0.25, 0.3) is 0 Å². The first-order valence-corrected chi connectivity index (χ1v) is 11.1. The largest absolute Gasteiger partial charge is 0.352 e. The SMILES string of the molecule is Cc1noc(CCCNC(=O)c2ccc(NS(=O)(=O)c3ccc(C)c([N+](=O)[O-])c3)cc2)n1. The molecule has 32 heavy (non-hydrogen) atoms. The van der Waals surface area contributed by atoms with Crippen LogP contribution in [0.1, 0.15) is 34.1 Å². The van der Waals surface area contributed by atoms with Gasteiger partial charge in [0.15, 0.2) is 5.82 Å². The van der Waals surface area contributed by atoms with Gasteiger partial charge in [-0.1, -0.05) is 11.2 Å². The van der Waals surface area contributed by atoms with Crippen LogP contribution in [-0.4, -0.2) is 35.9 Å². The van der Waals surface area contributed by atoms with E-state index in [1.165, 1.54) is 43.3 Å². The fraction of sp³-hybridized carbons (Fsp3) is 0.250. The molecule has 0 spiro atoms. The zero-order valence-corrected chi connectivity index (χ0v) is 18.2. The summed E-state index contributed by atoms with van der Waals surface area (Å²) in [7, 11) is -4.04. The molecule has 2 N–H and O–H groups in total. The lowest BCUT2D eigenvalue weighted by atomic mass is 10.2. The summed E-state index contributed by atoms with van der Waals surface area (Å²) in [4.78, 5) is 26.5. The third kappa shape index (κ3) is 5.66. The standard InChI is InChI=1S/C20H21N5O6S/c1-13-5-10-17(12-18(13)25(27)28)32(29,30)24-16-8-6-15(7-9-16)20(26)21-11-3-4-19-22-14(2)23-31-19/h5-10,12,24H,3-4,11H2,1-2H3,(H,21,26). The number of amides is 1. The molecule has 1 amide bonds. The highest BCUT2D eigenvalue weighted by molar-refractivity contribution is 7.92. The summed E-state index contributed by atoms with van der Waals surface area (Å²) in [5, 5.41) is 17.5. The molecule has 1 heterocycles. The van der Waals surface area contributed by atoms with Gasteiger partial charge in [-0.3, -0.25) is 19.6 Å². The first kappa shape index (κ1) is 22.9. The molecule has 3 aromatic rings. The molecule has 0 bridgehead atoms. The van der Waals surface area contributed by atoms with Crippen molar-refractivity contribution < 1.29 is 22.7 Å². The molecule has 0 unspecified atom stereocenters. The molecule has 11 nitrogen and oxygen atoms in total. The molecule has 168 valence electrons. The first-order chi connectivity index (χ1) is 15.2. The van der Waals surface area contributed by atoms with E-state index in [-0.39, 0.29) is 22.2 Å². The van der Waals surface area contributed by atoms with Crippen molar-refractivity contribution in [3.05, 3.63) is 75.4 Å². The minimum atomic E-state index is -4.04. The Bertz CT molecular complexity index is 1240. The second kappa shape index (κ2) is 9.56. The Balaban J connectivity index is 1.58. The van der Waals surface area contributed by atoms with Crippen LogP contribution in [0, 0.1) is 24.0 Å². The minimum Gasteiger partial charge on any atom is -0.352 e. The van der Waals surface area contributed by atoms with Gasteiger partial charge in [0.2, 0.25) is 5.89 Å². The summed E-state index contributed by atoms with van der Waals surface area (Å²) in [5.74, 6) is 0.753. The summed E-state index contributed by atoms with van der Waals surface area (Å²) in [5.41, 5.74) is 0.648. The molecule has 0 atom stereocenters. The number of rotatable bonds is 9. The zero-order valence-electron chi connectivity index (χ0n) is 17.4. The molecular formula is C20H21N5O6S. The van der Waals surface area contributed by atoms with Crippen molar-refractivity contribution in [2.24, 2.45) is 0 Å². The smallest absolute Gasteiger partial charge is 0.273 e. The Labute approximate surface area is 184 Å². The lowest BCUT2D eigenvalue weighted by Crippen LogP contribution is -2.24. The van der Waals surface area contributed by atoms with Gasteiger partial charge in [0, 0.05) is 35.8 Å². The summed E-state index contributed by atoms with van der Waals surface area (Å²) in [6.07, 6.45) is 1.16. The molecule has 2 aromatic carbocycles.